The minimum atomic E-state index is 0.722. The van der Waals surface area contributed by atoms with Crippen LogP contribution in [0.5, 0.6) is 11.5 Å². The van der Waals surface area contributed by atoms with Crippen molar-refractivity contribution >= 4 is 33.1 Å². The number of unbranched alkanes of at least 4 members (excludes halogenated alkanes) is 20. The zero-order valence-electron chi connectivity index (χ0n) is 27.7. The number of fused-ring (bicyclic) bond motifs is 2. The molecule has 0 bridgehead atoms. The molecular formula is C40H61ClO2. The van der Waals surface area contributed by atoms with Crippen LogP contribution >= 0.6 is 11.6 Å². The average molecular weight is 609 g/mol. The molecule has 3 rings (SSSR count). The van der Waals surface area contributed by atoms with Gasteiger partial charge in [0.15, 0.2) is 0 Å². The molecule has 43 heavy (non-hydrogen) atoms. The highest BCUT2D eigenvalue weighted by molar-refractivity contribution is 6.37. The molecule has 0 N–H and O–H groups in total. The fourth-order valence-electron chi connectivity index (χ4n) is 6.29. The topological polar surface area (TPSA) is 18.5 Å². The third-order valence-corrected chi connectivity index (χ3v) is 9.21. The predicted octanol–water partition coefficient (Wildman–Crippen LogP) is 14.0. The Bertz CT molecular complexity index is 1140. The molecule has 0 amide bonds. The van der Waals surface area contributed by atoms with E-state index >= 15 is 0 Å². The summed E-state index contributed by atoms with van der Waals surface area (Å²) < 4.78 is 13.1. The van der Waals surface area contributed by atoms with Crippen LogP contribution in [0.1, 0.15) is 155 Å². The van der Waals surface area contributed by atoms with Gasteiger partial charge in [-0.1, -0.05) is 190 Å². The quantitative estimate of drug-likeness (QED) is 0.0666. The summed E-state index contributed by atoms with van der Waals surface area (Å²) in [6, 6.07) is 14.7. The molecule has 0 unspecified atom stereocenters. The highest BCUT2D eigenvalue weighted by Gasteiger charge is 2.18. The van der Waals surface area contributed by atoms with E-state index in [2.05, 4.69) is 44.2 Å². The summed E-state index contributed by atoms with van der Waals surface area (Å²) in [6.07, 6.45) is 29.4. The lowest BCUT2D eigenvalue weighted by atomic mass is 10.0. The van der Waals surface area contributed by atoms with E-state index in [4.69, 9.17) is 21.1 Å². The van der Waals surface area contributed by atoms with Crippen molar-refractivity contribution < 1.29 is 9.47 Å². The van der Waals surface area contributed by atoms with Crippen LogP contribution < -0.4 is 9.47 Å². The monoisotopic (exact) mass is 608 g/mol. The number of halogens is 1. The van der Waals surface area contributed by atoms with Crippen LogP contribution in [0.25, 0.3) is 21.5 Å². The Labute approximate surface area is 269 Å². The molecule has 3 heteroatoms. The molecule has 0 saturated heterocycles. The Hall–Kier alpha value is -1.93. The average Bonchev–Trinajstić information content (AvgIpc) is 3.02. The van der Waals surface area contributed by atoms with Crippen LogP contribution in [0.4, 0.5) is 0 Å². The number of benzene rings is 3. The number of rotatable bonds is 26. The van der Waals surface area contributed by atoms with Crippen molar-refractivity contribution in [2.75, 3.05) is 13.2 Å². The highest BCUT2D eigenvalue weighted by atomic mass is 35.5. The molecule has 3 aromatic rings. The lowest BCUT2D eigenvalue weighted by molar-refractivity contribution is 0.306. The number of hydrogen-bond acceptors (Lipinski definition) is 2. The van der Waals surface area contributed by atoms with Gasteiger partial charge >= 0.3 is 0 Å². The number of hydrogen-bond donors (Lipinski definition) is 0. The zero-order chi connectivity index (χ0) is 30.4. The molecule has 2 nitrogen and oxygen atoms in total. The first-order valence-corrected chi connectivity index (χ1v) is 18.5. The van der Waals surface area contributed by atoms with Crippen LogP contribution in [0.15, 0.2) is 42.5 Å². The second-order valence-corrected chi connectivity index (χ2v) is 13.0. The van der Waals surface area contributed by atoms with Crippen molar-refractivity contribution in [1.82, 2.24) is 0 Å². The van der Waals surface area contributed by atoms with Gasteiger partial charge in [-0.3, -0.25) is 0 Å². The Morgan fingerprint density at radius 3 is 1.26 bits per heavy atom. The van der Waals surface area contributed by atoms with Gasteiger partial charge in [-0.25, -0.2) is 0 Å². The molecule has 0 radical (unpaired) electrons. The fourth-order valence-corrected chi connectivity index (χ4v) is 6.55. The first-order valence-electron chi connectivity index (χ1n) is 18.2. The molecule has 0 aliphatic carbocycles. The standard InChI is InChI=1S/C40H61ClO2/c1-3-5-7-9-11-13-15-17-19-21-25-32-42-39-34-28-23-24-29-35(34)40(38-36(39)30-27-31-37(38)41)43-33-26-22-20-18-16-14-12-10-8-6-4-2/h23-24,27-31H,3-22,25-26,32-33H2,1-2H3. The van der Waals surface area contributed by atoms with Gasteiger partial charge < -0.3 is 9.47 Å². The van der Waals surface area contributed by atoms with Crippen LogP contribution in [0, 0.1) is 0 Å². The van der Waals surface area contributed by atoms with Crippen LogP contribution in [0.2, 0.25) is 5.02 Å². The van der Waals surface area contributed by atoms with Gasteiger partial charge in [-0.2, -0.15) is 0 Å². The first kappa shape index (κ1) is 35.5. The summed E-state index contributed by atoms with van der Waals surface area (Å²) in [4.78, 5) is 0. The van der Waals surface area contributed by atoms with Gasteiger partial charge in [0.1, 0.15) is 11.5 Å². The molecule has 240 valence electrons. The third kappa shape index (κ3) is 12.9. The normalized spacial score (nSPS) is 11.5. The second kappa shape index (κ2) is 22.6. The van der Waals surface area contributed by atoms with Crippen molar-refractivity contribution in [2.45, 2.75) is 155 Å². The van der Waals surface area contributed by atoms with Gasteiger partial charge in [0.25, 0.3) is 0 Å². The summed E-state index contributed by atoms with van der Waals surface area (Å²) in [7, 11) is 0. The van der Waals surface area contributed by atoms with Gasteiger partial charge in [-0.15, -0.1) is 0 Å². The lowest BCUT2D eigenvalue weighted by Crippen LogP contribution is -2.02. The number of ether oxygens (including phenoxy) is 2. The van der Waals surface area contributed by atoms with Gasteiger partial charge in [0, 0.05) is 21.5 Å². The molecule has 0 aromatic heterocycles. The van der Waals surface area contributed by atoms with Gasteiger partial charge in [0.05, 0.1) is 18.2 Å². The SMILES string of the molecule is CCCCCCCCCCCCCOc1c2ccccc2c(OCCCCCCCCCCCCC)c2c(Cl)cccc12. The summed E-state index contributed by atoms with van der Waals surface area (Å²) in [6.45, 7) is 6.03. The van der Waals surface area contributed by atoms with E-state index in [9.17, 15) is 0 Å². The summed E-state index contributed by atoms with van der Waals surface area (Å²) >= 11 is 6.83. The van der Waals surface area contributed by atoms with Crippen LogP contribution in [-0.2, 0) is 0 Å². The Morgan fingerprint density at radius 2 is 0.791 bits per heavy atom. The molecule has 0 atom stereocenters. The van der Waals surface area contributed by atoms with Crippen molar-refractivity contribution in [3.63, 3.8) is 0 Å². The maximum Gasteiger partial charge on any atom is 0.136 e. The minimum Gasteiger partial charge on any atom is -0.492 e. The zero-order valence-corrected chi connectivity index (χ0v) is 28.5. The second-order valence-electron chi connectivity index (χ2n) is 12.6. The molecular weight excluding hydrogens is 548 g/mol. The Balaban J connectivity index is 1.47. The molecule has 3 aromatic carbocycles. The van der Waals surface area contributed by atoms with Crippen molar-refractivity contribution in [3.05, 3.63) is 47.5 Å². The predicted molar refractivity (Wildman–Crippen MR) is 190 cm³/mol. The molecule has 0 spiro atoms. The summed E-state index contributed by atoms with van der Waals surface area (Å²) in [5, 5.41) is 4.99. The lowest BCUT2D eigenvalue weighted by Gasteiger charge is -2.18. The Kier molecular flexibility index (Phi) is 18.6. The molecule has 0 fully saturated rings. The molecule has 0 heterocycles. The Morgan fingerprint density at radius 1 is 0.419 bits per heavy atom. The maximum atomic E-state index is 6.83. The third-order valence-electron chi connectivity index (χ3n) is 8.89. The smallest absolute Gasteiger partial charge is 0.136 e. The van der Waals surface area contributed by atoms with Gasteiger partial charge in [0.2, 0.25) is 0 Å². The largest absolute Gasteiger partial charge is 0.492 e. The first-order chi connectivity index (χ1) is 21.3. The van der Waals surface area contributed by atoms with E-state index in [1.807, 2.05) is 12.1 Å². The van der Waals surface area contributed by atoms with Crippen LogP contribution in [-0.4, -0.2) is 13.2 Å². The molecule has 0 saturated carbocycles. The van der Waals surface area contributed by atoms with E-state index in [1.165, 1.54) is 128 Å². The van der Waals surface area contributed by atoms with E-state index in [0.717, 1.165) is 64.1 Å². The van der Waals surface area contributed by atoms with E-state index in [-0.39, 0.29) is 0 Å². The van der Waals surface area contributed by atoms with Crippen molar-refractivity contribution in [3.8, 4) is 11.5 Å². The molecule has 0 aliphatic rings. The summed E-state index contributed by atoms with van der Waals surface area (Å²) in [5.74, 6) is 1.85. The van der Waals surface area contributed by atoms with Gasteiger partial charge in [-0.05, 0) is 18.9 Å². The fraction of sp³-hybridized carbons (Fsp3) is 0.650. The van der Waals surface area contributed by atoms with E-state index < -0.39 is 0 Å². The van der Waals surface area contributed by atoms with Crippen LogP contribution in [0.3, 0.4) is 0 Å². The highest BCUT2D eigenvalue weighted by Crippen LogP contribution is 2.45. The minimum absolute atomic E-state index is 0.722. The summed E-state index contributed by atoms with van der Waals surface area (Å²) in [5.41, 5.74) is 0. The van der Waals surface area contributed by atoms with E-state index in [1.54, 1.807) is 0 Å². The van der Waals surface area contributed by atoms with E-state index in [0.29, 0.717) is 0 Å². The molecule has 0 aliphatic heterocycles. The van der Waals surface area contributed by atoms with Crippen molar-refractivity contribution in [1.29, 1.82) is 0 Å². The van der Waals surface area contributed by atoms with Crippen molar-refractivity contribution in [2.24, 2.45) is 0 Å². The maximum absolute atomic E-state index is 6.83.